The molecular formula is C11H7BrClN3S2. The lowest BCUT2D eigenvalue weighted by molar-refractivity contribution is 1.17. The van der Waals surface area contributed by atoms with E-state index >= 15 is 0 Å². The van der Waals surface area contributed by atoms with Crippen molar-refractivity contribution in [1.29, 1.82) is 0 Å². The molecule has 2 aromatic heterocycles. The molecule has 1 N–H and O–H groups in total. The van der Waals surface area contributed by atoms with Gasteiger partial charge in [-0.25, -0.2) is 0 Å². The summed E-state index contributed by atoms with van der Waals surface area (Å²) in [5, 5.41) is 6.10. The van der Waals surface area contributed by atoms with Crippen LogP contribution in [-0.2, 0) is 6.54 Å². The molecule has 0 radical (unpaired) electrons. The smallest absolute Gasteiger partial charge is 0.129 e. The van der Waals surface area contributed by atoms with Gasteiger partial charge in [-0.05, 0) is 45.1 Å². The van der Waals surface area contributed by atoms with E-state index in [-0.39, 0.29) is 0 Å². The fourth-order valence-corrected chi connectivity index (χ4v) is 3.59. The van der Waals surface area contributed by atoms with Gasteiger partial charge in [0.25, 0.3) is 0 Å². The number of fused-ring (bicyclic) bond motifs is 1. The van der Waals surface area contributed by atoms with Crippen LogP contribution in [0.4, 0.5) is 5.69 Å². The van der Waals surface area contributed by atoms with Gasteiger partial charge in [-0.1, -0.05) is 11.6 Å². The van der Waals surface area contributed by atoms with E-state index in [0.29, 0.717) is 5.02 Å². The summed E-state index contributed by atoms with van der Waals surface area (Å²) < 4.78 is 9.60. The molecule has 2 heterocycles. The molecule has 3 nitrogen and oxygen atoms in total. The molecule has 0 aliphatic carbocycles. The van der Waals surface area contributed by atoms with E-state index < -0.39 is 0 Å². The molecule has 0 unspecified atom stereocenters. The van der Waals surface area contributed by atoms with Crippen LogP contribution in [0.25, 0.3) is 11.0 Å². The topological polar surface area (TPSA) is 37.8 Å². The highest BCUT2D eigenvalue weighted by molar-refractivity contribution is 9.11. The number of thiophene rings is 1. The van der Waals surface area contributed by atoms with Gasteiger partial charge in [-0.15, -0.1) is 11.3 Å². The number of anilines is 1. The highest BCUT2D eigenvalue weighted by atomic mass is 79.9. The van der Waals surface area contributed by atoms with Gasteiger partial charge in [0, 0.05) is 6.54 Å². The largest absolute Gasteiger partial charge is 0.378 e. The highest BCUT2D eigenvalue weighted by Gasteiger charge is 2.09. The van der Waals surface area contributed by atoms with Gasteiger partial charge >= 0.3 is 0 Å². The minimum Gasteiger partial charge on any atom is -0.378 e. The van der Waals surface area contributed by atoms with Crippen LogP contribution in [0.15, 0.2) is 27.4 Å². The molecule has 3 aromatic rings. The average Bonchev–Trinajstić information content (AvgIpc) is 2.96. The number of hydrogen-bond acceptors (Lipinski definition) is 5. The maximum Gasteiger partial charge on any atom is 0.129 e. The van der Waals surface area contributed by atoms with Gasteiger partial charge < -0.3 is 5.32 Å². The van der Waals surface area contributed by atoms with E-state index in [1.165, 1.54) is 17.3 Å². The average molecular weight is 361 g/mol. The van der Waals surface area contributed by atoms with Crippen molar-refractivity contribution in [3.63, 3.8) is 0 Å². The van der Waals surface area contributed by atoms with Gasteiger partial charge in [0.2, 0.25) is 0 Å². The van der Waals surface area contributed by atoms with Crippen molar-refractivity contribution in [2.45, 2.75) is 6.54 Å². The first-order chi connectivity index (χ1) is 8.74. The van der Waals surface area contributed by atoms with Crippen molar-refractivity contribution < 1.29 is 0 Å². The van der Waals surface area contributed by atoms with Crippen LogP contribution in [0, 0.1) is 0 Å². The minimum atomic E-state index is 0.671. The molecule has 0 saturated heterocycles. The lowest BCUT2D eigenvalue weighted by Crippen LogP contribution is -1.99. The maximum absolute atomic E-state index is 6.20. The second-order valence-corrected chi connectivity index (χ2v) is 6.89. The molecule has 0 fully saturated rings. The zero-order valence-corrected chi connectivity index (χ0v) is 13.0. The Morgan fingerprint density at radius 3 is 3.00 bits per heavy atom. The van der Waals surface area contributed by atoms with Crippen LogP contribution in [-0.4, -0.2) is 8.75 Å². The summed E-state index contributed by atoms with van der Waals surface area (Å²) >= 11 is 12.5. The van der Waals surface area contributed by atoms with Crippen LogP contribution < -0.4 is 5.32 Å². The summed E-state index contributed by atoms with van der Waals surface area (Å²) in [6, 6.07) is 5.82. The molecule has 0 spiro atoms. The first-order valence-electron chi connectivity index (χ1n) is 5.11. The fraction of sp³-hybridized carbons (Fsp3) is 0.0909. The van der Waals surface area contributed by atoms with Gasteiger partial charge in [-0.2, -0.15) is 8.75 Å². The SMILES string of the molecule is Clc1ccc2nsnc2c1NCc1csc(Br)c1. The van der Waals surface area contributed by atoms with Crippen molar-refractivity contribution in [2.24, 2.45) is 0 Å². The monoisotopic (exact) mass is 359 g/mol. The van der Waals surface area contributed by atoms with Crippen molar-refractivity contribution in [3.8, 4) is 0 Å². The van der Waals surface area contributed by atoms with E-state index in [1.54, 1.807) is 11.3 Å². The van der Waals surface area contributed by atoms with Crippen LogP contribution >= 0.6 is 50.6 Å². The van der Waals surface area contributed by atoms with Gasteiger partial charge in [0.05, 0.1) is 26.2 Å². The van der Waals surface area contributed by atoms with Crippen molar-refractivity contribution in [3.05, 3.63) is 38.0 Å². The van der Waals surface area contributed by atoms with Crippen LogP contribution in [0.2, 0.25) is 5.02 Å². The third kappa shape index (κ3) is 2.38. The minimum absolute atomic E-state index is 0.671. The third-order valence-corrected chi connectivity index (χ3v) is 4.88. The predicted octanol–water partition coefficient (Wildman–Crippen LogP) is 4.78. The summed E-state index contributed by atoms with van der Waals surface area (Å²) in [6.45, 7) is 0.721. The molecule has 0 aliphatic heterocycles. The first-order valence-corrected chi connectivity index (χ1v) is 7.89. The lowest BCUT2D eigenvalue weighted by atomic mass is 10.2. The van der Waals surface area contributed by atoms with E-state index in [4.69, 9.17) is 11.6 Å². The Kier molecular flexibility index (Phi) is 3.52. The number of benzene rings is 1. The van der Waals surface area contributed by atoms with E-state index in [2.05, 4.69) is 41.4 Å². The predicted molar refractivity (Wildman–Crippen MR) is 81.8 cm³/mol. The lowest BCUT2D eigenvalue weighted by Gasteiger charge is -2.07. The number of nitrogens with zero attached hydrogens (tertiary/aromatic N) is 2. The molecule has 1 aromatic carbocycles. The van der Waals surface area contributed by atoms with Crippen LogP contribution in [0.3, 0.4) is 0 Å². The Morgan fingerprint density at radius 2 is 2.22 bits per heavy atom. The first kappa shape index (κ1) is 12.3. The zero-order valence-electron chi connectivity index (χ0n) is 8.98. The normalized spacial score (nSPS) is 11.0. The number of nitrogens with one attached hydrogen (secondary N) is 1. The van der Waals surface area contributed by atoms with Crippen LogP contribution in [0.5, 0.6) is 0 Å². The number of halogens is 2. The summed E-state index contributed by atoms with van der Waals surface area (Å²) in [7, 11) is 0. The second-order valence-electron chi connectivity index (χ2n) is 3.67. The molecule has 0 amide bonds. The summed E-state index contributed by atoms with van der Waals surface area (Å²) in [4.78, 5) is 0. The summed E-state index contributed by atoms with van der Waals surface area (Å²) in [5.41, 5.74) is 3.77. The highest BCUT2D eigenvalue weighted by Crippen LogP contribution is 2.30. The third-order valence-electron chi connectivity index (χ3n) is 2.47. The molecule has 3 rings (SSSR count). The number of rotatable bonds is 3. The Morgan fingerprint density at radius 1 is 1.33 bits per heavy atom. The molecule has 18 heavy (non-hydrogen) atoms. The Hall–Kier alpha value is -0.690. The summed E-state index contributed by atoms with van der Waals surface area (Å²) in [5.74, 6) is 0. The standard InChI is InChI=1S/C11H7BrClN3S2/c12-9-3-6(5-17-9)4-14-10-7(13)1-2-8-11(10)16-18-15-8/h1-3,5,14H,4H2. The second kappa shape index (κ2) is 5.13. The zero-order chi connectivity index (χ0) is 12.5. The Bertz CT molecular complexity index is 694. The van der Waals surface area contributed by atoms with Gasteiger partial charge in [0.15, 0.2) is 0 Å². The number of aromatic nitrogens is 2. The van der Waals surface area contributed by atoms with E-state index in [9.17, 15) is 0 Å². The maximum atomic E-state index is 6.20. The quantitative estimate of drug-likeness (QED) is 0.730. The van der Waals surface area contributed by atoms with Crippen molar-refractivity contribution in [1.82, 2.24) is 8.75 Å². The van der Waals surface area contributed by atoms with Crippen molar-refractivity contribution >= 4 is 67.3 Å². The van der Waals surface area contributed by atoms with E-state index in [1.807, 2.05) is 12.1 Å². The summed E-state index contributed by atoms with van der Waals surface area (Å²) in [6.07, 6.45) is 0. The molecular weight excluding hydrogens is 354 g/mol. The fourth-order valence-electron chi connectivity index (χ4n) is 1.62. The Labute approximate surface area is 125 Å². The molecule has 0 atom stereocenters. The molecule has 7 heteroatoms. The van der Waals surface area contributed by atoms with Gasteiger partial charge in [-0.3, -0.25) is 0 Å². The van der Waals surface area contributed by atoms with Crippen LogP contribution in [0.1, 0.15) is 5.56 Å². The van der Waals surface area contributed by atoms with Crippen molar-refractivity contribution in [2.75, 3.05) is 5.32 Å². The molecule has 0 aliphatic rings. The van der Waals surface area contributed by atoms with Gasteiger partial charge in [0.1, 0.15) is 11.0 Å². The molecule has 92 valence electrons. The number of hydrogen-bond donors (Lipinski definition) is 1. The molecule has 0 bridgehead atoms. The van der Waals surface area contributed by atoms with E-state index in [0.717, 1.165) is 27.1 Å². The molecule has 0 saturated carbocycles. The Balaban J connectivity index is 1.89.